The van der Waals surface area contributed by atoms with Crippen LogP contribution in [0.5, 0.6) is 0 Å². The Balaban J connectivity index is 1.97. The van der Waals surface area contributed by atoms with Crippen molar-refractivity contribution in [1.29, 1.82) is 0 Å². The molecule has 0 aliphatic carbocycles. The molecule has 114 valence electrons. The Labute approximate surface area is 127 Å². The second-order valence-electron chi connectivity index (χ2n) is 6.41. The molecule has 21 heavy (non-hydrogen) atoms. The summed E-state index contributed by atoms with van der Waals surface area (Å²) in [6, 6.07) is 4.28. The van der Waals surface area contributed by atoms with Crippen LogP contribution in [0.25, 0.3) is 5.65 Å². The van der Waals surface area contributed by atoms with Crippen LogP contribution in [0, 0.1) is 6.92 Å². The molecular formula is C17H26N4. The molecule has 0 bridgehead atoms. The Morgan fingerprint density at radius 1 is 1.24 bits per heavy atom. The van der Waals surface area contributed by atoms with Crippen molar-refractivity contribution in [3.63, 3.8) is 0 Å². The van der Waals surface area contributed by atoms with Crippen LogP contribution in [-0.2, 0) is 6.54 Å². The van der Waals surface area contributed by atoms with Crippen molar-refractivity contribution >= 4 is 5.65 Å². The van der Waals surface area contributed by atoms with E-state index in [0.717, 1.165) is 31.8 Å². The van der Waals surface area contributed by atoms with Crippen LogP contribution in [0.1, 0.15) is 43.1 Å². The first-order chi connectivity index (χ1) is 10.1. The Morgan fingerprint density at radius 3 is 2.90 bits per heavy atom. The number of nitrogens with one attached hydrogen (secondary N) is 1. The first-order valence-electron chi connectivity index (χ1n) is 8.05. The summed E-state index contributed by atoms with van der Waals surface area (Å²) in [7, 11) is 0. The fraction of sp³-hybridized carbons (Fsp3) is 0.588. The SMILES string of the molecule is Cc1ccc2nc(C(C)C)c(CN3CCCNCC3)n2c1. The summed E-state index contributed by atoms with van der Waals surface area (Å²) < 4.78 is 2.29. The fourth-order valence-corrected chi connectivity index (χ4v) is 3.11. The van der Waals surface area contributed by atoms with E-state index >= 15 is 0 Å². The average Bonchev–Trinajstić information content (AvgIpc) is 2.63. The van der Waals surface area contributed by atoms with Crippen molar-refractivity contribution in [2.75, 3.05) is 26.2 Å². The minimum atomic E-state index is 0.463. The number of pyridine rings is 1. The average molecular weight is 286 g/mol. The number of aryl methyl sites for hydroxylation is 1. The van der Waals surface area contributed by atoms with E-state index in [-0.39, 0.29) is 0 Å². The summed E-state index contributed by atoms with van der Waals surface area (Å²) in [6.45, 7) is 12.1. The lowest BCUT2D eigenvalue weighted by Crippen LogP contribution is -2.28. The maximum absolute atomic E-state index is 4.86. The maximum atomic E-state index is 4.86. The van der Waals surface area contributed by atoms with Gasteiger partial charge >= 0.3 is 0 Å². The molecule has 0 amide bonds. The van der Waals surface area contributed by atoms with Gasteiger partial charge in [0.1, 0.15) is 5.65 Å². The number of fused-ring (bicyclic) bond motifs is 1. The van der Waals surface area contributed by atoms with E-state index in [1.165, 1.54) is 29.9 Å². The molecule has 2 aromatic heterocycles. The van der Waals surface area contributed by atoms with Crippen LogP contribution in [0.2, 0.25) is 0 Å². The van der Waals surface area contributed by atoms with Gasteiger partial charge < -0.3 is 9.72 Å². The van der Waals surface area contributed by atoms with Gasteiger partial charge in [-0.3, -0.25) is 4.90 Å². The molecule has 1 aliphatic heterocycles. The lowest BCUT2D eigenvalue weighted by atomic mass is 10.1. The van der Waals surface area contributed by atoms with Crippen LogP contribution in [0.4, 0.5) is 0 Å². The standard InChI is InChI=1S/C17H26N4/c1-13(2)17-15(12-20-9-4-7-18-8-10-20)21-11-14(3)5-6-16(21)19-17/h5-6,11,13,18H,4,7-10,12H2,1-3H3. The van der Waals surface area contributed by atoms with Gasteiger partial charge in [0.15, 0.2) is 0 Å². The van der Waals surface area contributed by atoms with Gasteiger partial charge in [-0.1, -0.05) is 19.9 Å². The molecule has 0 unspecified atom stereocenters. The molecule has 4 heteroatoms. The zero-order valence-electron chi connectivity index (χ0n) is 13.4. The predicted molar refractivity (Wildman–Crippen MR) is 86.8 cm³/mol. The second-order valence-corrected chi connectivity index (χ2v) is 6.41. The number of imidazole rings is 1. The number of rotatable bonds is 3. The first kappa shape index (κ1) is 14.5. The summed E-state index contributed by atoms with van der Waals surface area (Å²) in [4.78, 5) is 7.42. The molecule has 0 saturated carbocycles. The van der Waals surface area contributed by atoms with Gasteiger partial charge in [0, 0.05) is 25.8 Å². The van der Waals surface area contributed by atoms with Gasteiger partial charge in [-0.15, -0.1) is 0 Å². The van der Waals surface area contributed by atoms with Gasteiger partial charge in [-0.25, -0.2) is 4.98 Å². The Bertz CT molecular complexity index is 607. The molecule has 3 heterocycles. The quantitative estimate of drug-likeness (QED) is 0.941. The van der Waals surface area contributed by atoms with Gasteiger partial charge in [-0.2, -0.15) is 0 Å². The summed E-state index contributed by atoms with van der Waals surface area (Å²) in [6.07, 6.45) is 3.45. The van der Waals surface area contributed by atoms with Crippen molar-refractivity contribution in [3.05, 3.63) is 35.3 Å². The van der Waals surface area contributed by atoms with Crippen LogP contribution >= 0.6 is 0 Å². The predicted octanol–water partition coefficient (Wildman–Crippen LogP) is 2.56. The maximum Gasteiger partial charge on any atom is 0.137 e. The summed E-state index contributed by atoms with van der Waals surface area (Å²) in [5.74, 6) is 0.463. The fourth-order valence-electron chi connectivity index (χ4n) is 3.11. The first-order valence-corrected chi connectivity index (χ1v) is 8.05. The van der Waals surface area contributed by atoms with E-state index in [4.69, 9.17) is 4.98 Å². The van der Waals surface area contributed by atoms with Crippen LogP contribution in [-0.4, -0.2) is 40.5 Å². The second kappa shape index (κ2) is 6.16. The van der Waals surface area contributed by atoms with Gasteiger partial charge in [0.05, 0.1) is 11.4 Å². The smallest absolute Gasteiger partial charge is 0.137 e. The minimum absolute atomic E-state index is 0.463. The molecule has 1 N–H and O–H groups in total. The van der Waals surface area contributed by atoms with Crippen molar-refractivity contribution in [2.45, 2.75) is 39.7 Å². The van der Waals surface area contributed by atoms with Gasteiger partial charge in [0.25, 0.3) is 0 Å². The third-order valence-corrected chi connectivity index (χ3v) is 4.25. The third-order valence-electron chi connectivity index (χ3n) is 4.25. The largest absolute Gasteiger partial charge is 0.315 e. The van der Waals surface area contributed by atoms with Crippen molar-refractivity contribution < 1.29 is 0 Å². The monoisotopic (exact) mass is 286 g/mol. The van der Waals surface area contributed by atoms with Gasteiger partial charge in [0.2, 0.25) is 0 Å². The zero-order valence-corrected chi connectivity index (χ0v) is 13.4. The Hall–Kier alpha value is -1.39. The molecular weight excluding hydrogens is 260 g/mol. The van der Waals surface area contributed by atoms with Crippen LogP contribution < -0.4 is 5.32 Å². The highest BCUT2D eigenvalue weighted by Crippen LogP contribution is 2.23. The highest BCUT2D eigenvalue weighted by molar-refractivity contribution is 5.45. The van der Waals surface area contributed by atoms with Crippen molar-refractivity contribution in [2.24, 2.45) is 0 Å². The highest BCUT2D eigenvalue weighted by atomic mass is 15.2. The molecule has 0 spiro atoms. The summed E-state index contributed by atoms with van der Waals surface area (Å²) >= 11 is 0. The molecule has 0 atom stereocenters. The zero-order chi connectivity index (χ0) is 14.8. The lowest BCUT2D eigenvalue weighted by Gasteiger charge is -2.20. The molecule has 3 rings (SSSR count). The Morgan fingerprint density at radius 2 is 2.10 bits per heavy atom. The van der Waals surface area contributed by atoms with Crippen LogP contribution in [0.15, 0.2) is 18.3 Å². The number of nitrogens with zero attached hydrogens (tertiary/aromatic N) is 3. The number of hydrogen-bond acceptors (Lipinski definition) is 3. The molecule has 2 aromatic rings. The molecule has 1 fully saturated rings. The van der Waals surface area contributed by atoms with E-state index < -0.39 is 0 Å². The van der Waals surface area contributed by atoms with E-state index in [0.29, 0.717) is 5.92 Å². The van der Waals surface area contributed by atoms with E-state index in [2.05, 4.69) is 53.7 Å². The highest BCUT2D eigenvalue weighted by Gasteiger charge is 2.18. The molecule has 1 saturated heterocycles. The molecule has 0 radical (unpaired) electrons. The van der Waals surface area contributed by atoms with E-state index in [9.17, 15) is 0 Å². The van der Waals surface area contributed by atoms with Gasteiger partial charge in [-0.05, 0) is 44.0 Å². The van der Waals surface area contributed by atoms with Crippen LogP contribution in [0.3, 0.4) is 0 Å². The van der Waals surface area contributed by atoms with E-state index in [1.54, 1.807) is 0 Å². The third kappa shape index (κ3) is 3.11. The Kier molecular flexibility index (Phi) is 4.27. The topological polar surface area (TPSA) is 32.6 Å². The molecule has 4 nitrogen and oxygen atoms in total. The summed E-state index contributed by atoms with van der Waals surface area (Å²) in [5, 5.41) is 3.48. The molecule has 0 aromatic carbocycles. The minimum Gasteiger partial charge on any atom is -0.315 e. The number of hydrogen-bond donors (Lipinski definition) is 1. The van der Waals surface area contributed by atoms with Crippen molar-refractivity contribution in [3.8, 4) is 0 Å². The lowest BCUT2D eigenvalue weighted by molar-refractivity contribution is 0.279. The summed E-state index contributed by atoms with van der Waals surface area (Å²) in [5.41, 5.74) is 4.98. The molecule has 1 aliphatic rings. The number of aromatic nitrogens is 2. The van der Waals surface area contributed by atoms with E-state index in [1.807, 2.05) is 0 Å². The normalized spacial score (nSPS) is 17.5. The van der Waals surface area contributed by atoms with Crippen molar-refractivity contribution in [1.82, 2.24) is 19.6 Å².